The molecule has 0 aliphatic heterocycles. The summed E-state index contributed by atoms with van der Waals surface area (Å²) in [4.78, 5) is 9.73. The lowest BCUT2D eigenvalue weighted by molar-refractivity contribution is -0.384. The van der Waals surface area contributed by atoms with Gasteiger partial charge in [-0.2, -0.15) is 11.3 Å². The molecule has 0 atom stereocenters. The van der Waals surface area contributed by atoms with Crippen LogP contribution in [0.4, 0.5) is 17.1 Å². The highest BCUT2D eigenvalue weighted by Gasteiger charge is 2.20. The van der Waals surface area contributed by atoms with E-state index in [0.717, 1.165) is 18.2 Å². The van der Waals surface area contributed by atoms with Gasteiger partial charge in [0.1, 0.15) is 4.90 Å². The van der Waals surface area contributed by atoms with Crippen molar-refractivity contribution >= 4 is 38.4 Å². The third kappa shape index (κ3) is 2.83. The molecule has 0 saturated carbocycles. The van der Waals surface area contributed by atoms with Gasteiger partial charge < -0.3 is 5.73 Å². The van der Waals surface area contributed by atoms with Crippen molar-refractivity contribution < 1.29 is 13.3 Å². The van der Waals surface area contributed by atoms with Crippen molar-refractivity contribution in [2.45, 2.75) is 4.90 Å². The van der Waals surface area contributed by atoms with Crippen LogP contribution < -0.4 is 10.5 Å². The molecule has 0 fully saturated rings. The maximum atomic E-state index is 12.0. The van der Waals surface area contributed by atoms with Gasteiger partial charge in [-0.15, -0.1) is 0 Å². The van der Waals surface area contributed by atoms with Crippen LogP contribution in [-0.2, 0) is 10.0 Å². The Balaban J connectivity index is 2.38. The highest BCUT2D eigenvalue weighted by atomic mass is 32.2. The zero-order chi connectivity index (χ0) is 14.0. The molecule has 7 nitrogen and oxygen atoms in total. The van der Waals surface area contributed by atoms with E-state index in [1.807, 2.05) is 0 Å². The first kappa shape index (κ1) is 13.3. The Morgan fingerprint density at radius 3 is 2.58 bits per heavy atom. The van der Waals surface area contributed by atoms with Crippen LogP contribution in [0.15, 0.2) is 39.9 Å². The van der Waals surface area contributed by atoms with E-state index in [4.69, 9.17) is 5.73 Å². The SMILES string of the molecule is Nc1cc([N+](=O)[O-])ccc1S(=O)(=O)Nc1ccsc1. The Hall–Kier alpha value is -2.13. The first-order chi connectivity index (χ1) is 8.90. The number of nitrogens with two attached hydrogens (primary N) is 1. The topological polar surface area (TPSA) is 115 Å². The second kappa shape index (κ2) is 4.86. The molecule has 0 aliphatic carbocycles. The average Bonchev–Trinajstić information content (AvgIpc) is 2.80. The fourth-order valence-corrected chi connectivity index (χ4v) is 3.25. The standard InChI is InChI=1S/C10H9N3O4S2/c11-9-5-8(13(14)15)1-2-10(9)19(16,17)12-7-3-4-18-6-7/h1-6,12H,11H2. The van der Waals surface area contributed by atoms with Crippen LogP contribution in [0.3, 0.4) is 0 Å². The molecule has 100 valence electrons. The molecule has 0 spiro atoms. The summed E-state index contributed by atoms with van der Waals surface area (Å²) in [6, 6.07) is 4.83. The van der Waals surface area contributed by atoms with E-state index in [-0.39, 0.29) is 16.3 Å². The monoisotopic (exact) mass is 299 g/mol. The number of nitrogens with one attached hydrogen (secondary N) is 1. The summed E-state index contributed by atoms with van der Waals surface area (Å²) in [5.74, 6) is 0. The summed E-state index contributed by atoms with van der Waals surface area (Å²) >= 11 is 1.34. The van der Waals surface area contributed by atoms with Gasteiger partial charge in [-0.1, -0.05) is 0 Å². The number of benzene rings is 1. The van der Waals surface area contributed by atoms with E-state index >= 15 is 0 Å². The van der Waals surface area contributed by atoms with Crippen LogP contribution in [0.2, 0.25) is 0 Å². The Morgan fingerprint density at radius 2 is 2.05 bits per heavy atom. The van der Waals surface area contributed by atoms with Crippen LogP contribution >= 0.6 is 11.3 Å². The molecule has 1 aromatic heterocycles. The van der Waals surface area contributed by atoms with Gasteiger partial charge in [0.2, 0.25) is 0 Å². The van der Waals surface area contributed by atoms with E-state index in [1.54, 1.807) is 16.8 Å². The molecule has 0 radical (unpaired) electrons. The summed E-state index contributed by atoms with van der Waals surface area (Å²) in [5.41, 5.74) is 5.55. The van der Waals surface area contributed by atoms with Crippen LogP contribution in [0.5, 0.6) is 0 Å². The van der Waals surface area contributed by atoms with Crippen LogP contribution in [0.25, 0.3) is 0 Å². The number of nitrogen functional groups attached to an aromatic ring is 1. The smallest absolute Gasteiger partial charge is 0.271 e. The fourth-order valence-electron chi connectivity index (χ4n) is 1.43. The number of rotatable bonds is 4. The Kier molecular flexibility index (Phi) is 3.40. The molecule has 3 N–H and O–H groups in total. The molecule has 0 unspecified atom stereocenters. The molecule has 9 heteroatoms. The lowest BCUT2D eigenvalue weighted by Gasteiger charge is -2.08. The zero-order valence-electron chi connectivity index (χ0n) is 9.44. The van der Waals surface area contributed by atoms with Crippen molar-refractivity contribution in [3.05, 3.63) is 45.1 Å². The molecule has 0 aliphatic rings. The zero-order valence-corrected chi connectivity index (χ0v) is 11.1. The number of hydrogen-bond acceptors (Lipinski definition) is 6. The van der Waals surface area contributed by atoms with Crippen LogP contribution in [0.1, 0.15) is 0 Å². The summed E-state index contributed by atoms with van der Waals surface area (Å²) in [6.07, 6.45) is 0. The van der Waals surface area contributed by atoms with E-state index in [9.17, 15) is 18.5 Å². The van der Waals surface area contributed by atoms with Gasteiger partial charge in [-0.3, -0.25) is 14.8 Å². The maximum Gasteiger partial charge on any atom is 0.271 e. The second-order valence-electron chi connectivity index (χ2n) is 3.60. The Bertz CT molecular complexity index is 710. The van der Waals surface area contributed by atoms with Gasteiger partial charge in [0.05, 0.1) is 16.3 Å². The van der Waals surface area contributed by atoms with Crippen molar-refractivity contribution in [2.75, 3.05) is 10.5 Å². The average molecular weight is 299 g/mol. The predicted molar refractivity (Wildman–Crippen MR) is 72.6 cm³/mol. The molecule has 1 heterocycles. The third-order valence-electron chi connectivity index (χ3n) is 2.27. The molecular formula is C10H9N3O4S2. The molecule has 2 aromatic rings. The maximum absolute atomic E-state index is 12.0. The molecule has 0 bridgehead atoms. The summed E-state index contributed by atoms with van der Waals surface area (Å²) < 4.78 is 26.4. The van der Waals surface area contributed by atoms with Gasteiger partial charge >= 0.3 is 0 Å². The minimum Gasteiger partial charge on any atom is -0.397 e. The first-order valence-corrected chi connectivity index (χ1v) is 7.42. The number of sulfonamides is 1. The van der Waals surface area contributed by atoms with Crippen molar-refractivity contribution in [1.82, 2.24) is 0 Å². The quantitative estimate of drug-likeness (QED) is 0.509. The number of hydrogen-bond donors (Lipinski definition) is 2. The summed E-state index contributed by atoms with van der Waals surface area (Å²) in [5, 5.41) is 13.9. The summed E-state index contributed by atoms with van der Waals surface area (Å²) in [7, 11) is -3.85. The number of nitro benzene ring substituents is 1. The minimum atomic E-state index is -3.85. The van der Waals surface area contributed by atoms with Crippen molar-refractivity contribution in [3.8, 4) is 0 Å². The Labute approximate surface area is 112 Å². The normalized spacial score (nSPS) is 11.2. The molecule has 19 heavy (non-hydrogen) atoms. The van der Waals surface area contributed by atoms with Crippen molar-refractivity contribution in [2.24, 2.45) is 0 Å². The molecule has 0 saturated heterocycles. The minimum absolute atomic E-state index is 0.170. The lowest BCUT2D eigenvalue weighted by Crippen LogP contribution is -2.14. The van der Waals surface area contributed by atoms with Crippen molar-refractivity contribution in [1.29, 1.82) is 0 Å². The Morgan fingerprint density at radius 1 is 1.32 bits per heavy atom. The van der Waals surface area contributed by atoms with Gasteiger partial charge in [0, 0.05) is 17.5 Å². The van der Waals surface area contributed by atoms with E-state index in [0.29, 0.717) is 5.69 Å². The van der Waals surface area contributed by atoms with E-state index in [1.165, 1.54) is 11.3 Å². The number of nitrogens with zero attached hydrogens (tertiary/aromatic N) is 1. The largest absolute Gasteiger partial charge is 0.397 e. The molecule has 0 amide bonds. The van der Waals surface area contributed by atoms with Crippen LogP contribution in [-0.4, -0.2) is 13.3 Å². The molecule has 2 rings (SSSR count). The van der Waals surface area contributed by atoms with Gasteiger partial charge in [-0.25, -0.2) is 8.42 Å². The highest BCUT2D eigenvalue weighted by molar-refractivity contribution is 7.92. The number of anilines is 2. The molecule has 1 aromatic carbocycles. The molecular weight excluding hydrogens is 290 g/mol. The second-order valence-corrected chi connectivity index (χ2v) is 6.03. The number of non-ortho nitro benzene ring substituents is 1. The van der Waals surface area contributed by atoms with Crippen LogP contribution in [0, 0.1) is 10.1 Å². The van der Waals surface area contributed by atoms with Gasteiger partial charge in [0.25, 0.3) is 15.7 Å². The number of nitro groups is 1. The van der Waals surface area contributed by atoms with Crippen molar-refractivity contribution in [3.63, 3.8) is 0 Å². The fraction of sp³-hybridized carbons (Fsp3) is 0. The highest BCUT2D eigenvalue weighted by Crippen LogP contribution is 2.26. The predicted octanol–water partition coefficient (Wildman–Crippen LogP) is 2.04. The van der Waals surface area contributed by atoms with E-state index < -0.39 is 14.9 Å². The summed E-state index contributed by atoms with van der Waals surface area (Å²) in [6.45, 7) is 0. The third-order valence-corrected chi connectivity index (χ3v) is 4.41. The number of thiophene rings is 1. The lowest BCUT2D eigenvalue weighted by atomic mass is 10.3. The van der Waals surface area contributed by atoms with Gasteiger partial charge in [-0.05, 0) is 17.5 Å². The first-order valence-electron chi connectivity index (χ1n) is 4.99. The van der Waals surface area contributed by atoms with Gasteiger partial charge in [0.15, 0.2) is 0 Å². The van der Waals surface area contributed by atoms with E-state index in [2.05, 4.69) is 4.72 Å².